The van der Waals surface area contributed by atoms with E-state index in [1.54, 1.807) is 17.8 Å². The van der Waals surface area contributed by atoms with Gasteiger partial charge in [0, 0.05) is 5.75 Å². The molecule has 0 saturated carbocycles. The van der Waals surface area contributed by atoms with E-state index in [2.05, 4.69) is 13.8 Å². The topological polar surface area (TPSA) is 20.2 Å². The molecule has 0 aliphatic rings. The van der Waals surface area contributed by atoms with Crippen molar-refractivity contribution in [3.63, 3.8) is 0 Å². The Morgan fingerprint density at radius 3 is 2.47 bits per heavy atom. The molecule has 0 aliphatic heterocycles. The number of rotatable bonds is 6. The van der Waals surface area contributed by atoms with Crippen molar-refractivity contribution in [3.05, 3.63) is 35.4 Å². The zero-order valence-electron chi connectivity index (χ0n) is 11.1. The molecule has 1 unspecified atom stereocenters. The van der Waals surface area contributed by atoms with E-state index in [0.29, 0.717) is 17.2 Å². The van der Waals surface area contributed by atoms with Crippen LogP contribution >= 0.6 is 11.8 Å². The van der Waals surface area contributed by atoms with Gasteiger partial charge in [-0.15, -0.1) is 0 Å². The summed E-state index contributed by atoms with van der Waals surface area (Å²) in [6.45, 7) is 4.18. The van der Waals surface area contributed by atoms with Gasteiger partial charge in [0.25, 0.3) is 0 Å². The van der Waals surface area contributed by atoms with Gasteiger partial charge in [0.05, 0.1) is 11.7 Å². The summed E-state index contributed by atoms with van der Waals surface area (Å²) < 4.78 is 37.6. The van der Waals surface area contributed by atoms with Crippen LogP contribution in [0.2, 0.25) is 0 Å². The number of halogens is 3. The van der Waals surface area contributed by atoms with Gasteiger partial charge in [-0.2, -0.15) is 24.9 Å². The van der Waals surface area contributed by atoms with Crippen molar-refractivity contribution in [3.8, 4) is 0 Å². The van der Waals surface area contributed by atoms with Crippen LogP contribution in [0.1, 0.15) is 25.0 Å². The summed E-state index contributed by atoms with van der Waals surface area (Å²) in [4.78, 5) is 0. The van der Waals surface area contributed by atoms with Crippen LogP contribution < -0.4 is 0 Å². The molecule has 1 aromatic rings. The molecule has 0 bridgehead atoms. The fourth-order valence-electron chi connectivity index (χ4n) is 1.65. The van der Waals surface area contributed by atoms with Crippen molar-refractivity contribution in [1.29, 1.82) is 0 Å². The molecule has 1 aromatic carbocycles. The lowest BCUT2D eigenvalue weighted by Gasteiger charge is -2.13. The average Bonchev–Trinajstić information content (AvgIpc) is 2.27. The molecule has 1 N–H and O–H groups in total. The molecule has 5 heteroatoms. The number of hydrogen-bond donors (Lipinski definition) is 1. The summed E-state index contributed by atoms with van der Waals surface area (Å²) in [6.07, 6.45) is -4.67. The van der Waals surface area contributed by atoms with Crippen LogP contribution in [0.5, 0.6) is 0 Å². The van der Waals surface area contributed by atoms with Crippen molar-refractivity contribution in [2.45, 2.75) is 32.5 Å². The largest absolute Gasteiger partial charge is 0.416 e. The minimum Gasteiger partial charge on any atom is -0.392 e. The normalized spacial score (nSPS) is 13.8. The van der Waals surface area contributed by atoms with E-state index in [1.807, 2.05) is 0 Å². The molecule has 0 saturated heterocycles. The molecule has 0 aliphatic carbocycles. The highest BCUT2D eigenvalue weighted by Crippen LogP contribution is 2.29. The smallest absolute Gasteiger partial charge is 0.392 e. The molecule has 108 valence electrons. The van der Waals surface area contributed by atoms with Crippen molar-refractivity contribution >= 4 is 11.8 Å². The van der Waals surface area contributed by atoms with Gasteiger partial charge in [-0.3, -0.25) is 0 Å². The number of aliphatic hydroxyl groups excluding tert-OH is 1. The highest BCUT2D eigenvalue weighted by Gasteiger charge is 2.30. The molecule has 1 atom stereocenters. The van der Waals surface area contributed by atoms with Gasteiger partial charge >= 0.3 is 6.18 Å². The summed E-state index contributed by atoms with van der Waals surface area (Å²) in [5.74, 6) is 2.04. The Morgan fingerprint density at radius 2 is 1.89 bits per heavy atom. The zero-order valence-corrected chi connectivity index (χ0v) is 11.9. The first-order chi connectivity index (χ1) is 8.79. The highest BCUT2D eigenvalue weighted by atomic mass is 32.2. The van der Waals surface area contributed by atoms with Crippen LogP contribution in [0.15, 0.2) is 24.3 Å². The third kappa shape index (κ3) is 6.34. The minimum atomic E-state index is -4.33. The first-order valence-electron chi connectivity index (χ1n) is 6.21. The molecule has 0 aromatic heterocycles. The van der Waals surface area contributed by atoms with E-state index < -0.39 is 17.8 Å². The maximum absolute atomic E-state index is 12.5. The van der Waals surface area contributed by atoms with E-state index in [9.17, 15) is 18.3 Å². The van der Waals surface area contributed by atoms with Crippen LogP contribution in [0.3, 0.4) is 0 Å². The van der Waals surface area contributed by atoms with E-state index >= 15 is 0 Å². The number of thioether (sulfide) groups is 1. The lowest BCUT2D eigenvalue weighted by Crippen LogP contribution is -2.15. The van der Waals surface area contributed by atoms with Gasteiger partial charge < -0.3 is 5.11 Å². The Morgan fingerprint density at radius 1 is 1.21 bits per heavy atom. The van der Waals surface area contributed by atoms with E-state index in [4.69, 9.17) is 0 Å². The number of alkyl halides is 3. The monoisotopic (exact) mass is 292 g/mol. The first-order valence-corrected chi connectivity index (χ1v) is 7.36. The average molecular weight is 292 g/mol. The van der Waals surface area contributed by atoms with Crippen molar-refractivity contribution in [1.82, 2.24) is 0 Å². The Labute approximate surface area is 116 Å². The molecule has 0 spiro atoms. The molecule has 19 heavy (non-hydrogen) atoms. The molecular formula is C14H19F3OS. The lowest BCUT2D eigenvalue weighted by molar-refractivity contribution is -0.137. The minimum absolute atomic E-state index is 0.259. The van der Waals surface area contributed by atoms with Crippen LogP contribution in [-0.2, 0) is 12.6 Å². The fraction of sp³-hybridized carbons (Fsp3) is 0.571. The molecule has 0 amide bonds. The van der Waals surface area contributed by atoms with E-state index in [1.165, 1.54) is 6.07 Å². The molecule has 0 heterocycles. The lowest BCUT2D eigenvalue weighted by atomic mass is 10.1. The van der Waals surface area contributed by atoms with Crippen LogP contribution in [0, 0.1) is 5.92 Å². The summed E-state index contributed by atoms with van der Waals surface area (Å²) in [6, 6.07) is 5.15. The van der Waals surface area contributed by atoms with Gasteiger partial charge in [0.1, 0.15) is 0 Å². The molecule has 1 nitrogen and oxygen atoms in total. The number of aliphatic hydroxyl groups is 1. The predicted octanol–water partition coefficient (Wildman–Crippen LogP) is 4.00. The third-order valence-corrected chi connectivity index (χ3v) is 4.01. The SMILES string of the molecule is CC(C)CSCC(O)Cc1cccc(C(F)(F)F)c1. The quantitative estimate of drug-likeness (QED) is 0.855. The van der Waals surface area contributed by atoms with Gasteiger partial charge in [-0.05, 0) is 29.7 Å². The number of benzene rings is 1. The fourth-order valence-corrected chi connectivity index (χ4v) is 2.64. The highest BCUT2D eigenvalue weighted by molar-refractivity contribution is 7.99. The van der Waals surface area contributed by atoms with Gasteiger partial charge in [-0.1, -0.05) is 32.0 Å². The second-order valence-corrected chi connectivity index (χ2v) is 6.06. The maximum Gasteiger partial charge on any atom is 0.416 e. The second-order valence-electron chi connectivity index (χ2n) is 4.99. The summed E-state index contributed by atoms with van der Waals surface area (Å²) in [5, 5.41) is 9.81. The van der Waals surface area contributed by atoms with Gasteiger partial charge in [-0.25, -0.2) is 0 Å². The van der Waals surface area contributed by atoms with Gasteiger partial charge in [0.15, 0.2) is 0 Å². The maximum atomic E-state index is 12.5. The van der Waals surface area contributed by atoms with Crippen molar-refractivity contribution in [2.24, 2.45) is 5.92 Å². The third-order valence-electron chi connectivity index (χ3n) is 2.49. The summed E-state index contributed by atoms with van der Waals surface area (Å²) in [5.41, 5.74) is -0.139. The molecule has 0 fully saturated rings. The molecule has 1 rings (SSSR count). The molecule has 0 radical (unpaired) electrons. The first kappa shape index (κ1) is 16.4. The summed E-state index contributed by atoms with van der Waals surface area (Å²) >= 11 is 1.63. The Balaban J connectivity index is 2.52. The molecular weight excluding hydrogens is 273 g/mol. The Kier molecular flexibility index (Phi) is 6.20. The van der Waals surface area contributed by atoms with Crippen molar-refractivity contribution in [2.75, 3.05) is 11.5 Å². The Bertz CT molecular complexity index is 391. The standard InChI is InChI=1S/C14H19F3OS/c1-10(2)8-19-9-13(18)7-11-4-3-5-12(6-11)14(15,16)17/h3-6,10,13,18H,7-9H2,1-2H3. The predicted molar refractivity (Wildman–Crippen MR) is 73.3 cm³/mol. The zero-order chi connectivity index (χ0) is 14.5. The van der Waals surface area contributed by atoms with Crippen LogP contribution in [0.25, 0.3) is 0 Å². The second kappa shape index (κ2) is 7.20. The van der Waals surface area contributed by atoms with Crippen LogP contribution in [0.4, 0.5) is 13.2 Å². The Hall–Kier alpha value is -0.680. The number of hydrogen-bond acceptors (Lipinski definition) is 2. The summed E-state index contributed by atoms with van der Waals surface area (Å²) in [7, 11) is 0. The van der Waals surface area contributed by atoms with Gasteiger partial charge in [0.2, 0.25) is 0 Å². The van der Waals surface area contributed by atoms with E-state index in [0.717, 1.165) is 17.9 Å². The van der Waals surface area contributed by atoms with Crippen LogP contribution in [-0.4, -0.2) is 22.7 Å². The van der Waals surface area contributed by atoms with Crippen molar-refractivity contribution < 1.29 is 18.3 Å². The van der Waals surface area contributed by atoms with E-state index in [-0.39, 0.29) is 6.42 Å².